The van der Waals surface area contributed by atoms with Gasteiger partial charge in [-0.25, -0.2) is 9.80 Å². The molecule has 3 aromatic rings. The number of anilines is 1. The topological polar surface area (TPSA) is 91.6 Å². The first-order valence-electron chi connectivity index (χ1n) is 8.48. The molecular formula is C21H15N3O4. The van der Waals surface area contributed by atoms with Crippen molar-refractivity contribution in [2.45, 2.75) is 0 Å². The van der Waals surface area contributed by atoms with Crippen molar-refractivity contribution in [2.24, 2.45) is 0 Å². The van der Waals surface area contributed by atoms with E-state index in [1.54, 1.807) is 59.3 Å². The van der Waals surface area contributed by atoms with Gasteiger partial charge in [-0.1, -0.05) is 18.2 Å². The molecule has 0 spiro atoms. The number of benzene rings is 2. The zero-order valence-electron chi connectivity index (χ0n) is 14.6. The van der Waals surface area contributed by atoms with Crippen LogP contribution in [0.5, 0.6) is 0 Å². The fraction of sp³-hybridized carbons (Fsp3) is 0. The van der Waals surface area contributed by atoms with E-state index in [0.717, 1.165) is 0 Å². The fourth-order valence-electron chi connectivity index (χ4n) is 2.98. The number of carbonyl (C=O) groups excluding carboxylic acids is 2. The zero-order chi connectivity index (χ0) is 19.7. The molecule has 0 unspecified atom stereocenters. The van der Waals surface area contributed by atoms with Crippen molar-refractivity contribution >= 4 is 29.5 Å². The molecule has 28 heavy (non-hydrogen) atoms. The Morgan fingerprint density at radius 1 is 0.893 bits per heavy atom. The van der Waals surface area contributed by atoms with Crippen molar-refractivity contribution in [1.82, 2.24) is 9.99 Å². The number of hydrogen-bond donors (Lipinski definition) is 2. The third-order valence-corrected chi connectivity index (χ3v) is 4.37. The molecule has 2 heterocycles. The van der Waals surface area contributed by atoms with Crippen molar-refractivity contribution < 1.29 is 19.5 Å². The maximum atomic E-state index is 12.7. The predicted octanol–water partition coefficient (Wildman–Crippen LogP) is 2.64. The number of aromatic nitrogens is 1. The molecule has 0 radical (unpaired) electrons. The fourth-order valence-corrected chi connectivity index (χ4v) is 2.98. The largest absolute Gasteiger partial charge is 0.478 e. The summed E-state index contributed by atoms with van der Waals surface area (Å²) < 4.78 is 1.77. The summed E-state index contributed by atoms with van der Waals surface area (Å²) in [6, 6.07) is 18.7. The Labute approximate surface area is 160 Å². The van der Waals surface area contributed by atoms with E-state index in [1.165, 1.54) is 23.2 Å². The molecule has 0 aliphatic carbocycles. The average Bonchev–Trinajstić information content (AvgIpc) is 3.29. The second-order valence-corrected chi connectivity index (χ2v) is 6.13. The molecule has 1 fully saturated rings. The summed E-state index contributed by atoms with van der Waals surface area (Å²) in [5.74, 6) is -1.93. The Hall–Kier alpha value is -4.13. The Kier molecular flexibility index (Phi) is 4.25. The van der Waals surface area contributed by atoms with E-state index in [1.807, 2.05) is 6.07 Å². The van der Waals surface area contributed by atoms with Crippen LogP contribution < -0.4 is 10.4 Å². The van der Waals surface area contributed by atoms with Gasteiger partial charge in [0.2, 0.25) is 0 Å². The number of rotatable bonds is 4. The highest BCUT2D eigenvalue weighted by molar-refractivity contribution is 6.31. The van der Waals surface area contributed by atoms with E-state index >= 15 is 0 Å². The third kappa shape index (κ3) is 3.05. The Balaban J connectivity index is 1.67. The van der Waals surface area contributed by atoms with E-state index < -0.39 is 17.8 Å². The van der Waals surface area contributed by atoms with Crippen molar-refractivity contribution in [3.8, 4) is 5.69 Å². The summed E-state index contributed by atoms with van der Waals surface area (Å²) in [4.78, 5) is 36.1. The van der Waals surface area contributed by atoms with Gasteiger partial charge < -0.3 is 9.67 Å². The van der Waals surface area contributed by atoms with Crippen LogP contribution in [0.25, 0.3) is 11.8 Å². The molecule has 4 rings (SSSR count). The first-order valence-corrected chi connectivity index (χ1v) is 8.48. The number of nitrogens with one attached hydrogen (secondary N) is 1. The lowest BCUT2D eigenvalue weighted by Gasteiger charge is -2.13. The van der Waals surface area contributed by atoms with Crippen LogP contribution in [0, 0.1) is 0 Å². The number of hydrazine groups is 1. The number of amides is 2. The highest BCUT2D eigenvalue weighted by Crippen LogP contribution is 2.22. The normalized spacial score (nSPS) is 15.1. The van der Waals surface area contributed by atoms with Gasteiger partial charge in [0, 0.05) is 17.6 Å². The minimum absolute atomic E-state index is 0.0194. The molecule has 1 aliphatic heterocycles. The molecule has 2 aromatic carbocycles. The quantitative estimate of drug-likeness (QED) is 0.543. The standard InChI is InChI=1S/C21H15N3O4/c25-19-18(20(26)24(22-19)16-5-2-1-3-6-16)13-17-7-4-12-23(17)15-10-8-14(9-11-15)21(27)28/h1-13H,(H,22,25)(H,27,28). The van der Waals surface area contributed by atoms with E-state index in [2.05, 4.69) is 5.43 Å². The SMILES string of the molecule is O=C1NN(c2ccccc2)C(=O)C1=Cc1cccn1-c1ccc(C(=O)O)cc1. The van der Waals surface area contributed by atoms with E-state index in [9.17, 15) is 14.4 Å². The maximum Gasteiger partial charge on any atom is 0.335 e. The molecule has 0 bridgehead atoms. The number of aromatic carboxylic acids is 1. The van der Waals surface area contributed by atoms with Crippen molar-refractivity contribution in [2.75, 3.05) is 5.01 Å². The van der Waals surface area contributed by atoms with Crippen molar-refractivity contribution in [3.05, 3.63) is 89.8 Å². The van der Waals surface area contributed by atoms with Gasteiger partial charge in [-0.05, 0) is 54.6 Å². The summed E-state index contributed by atoms with van der Waals surface area (Å²) in [6.45, 7) is 0. The van der Waals surface area contributed by atoms with Gasteiger partial charge in [0.05, 0.1) is 11.3 Å². The summed E-state index contributed by atoms with van der Waals surface area (Å²) in [5, 5.41) is 10.2. The van der Waals surface area contributed by atoms with Crippen LogP contribution in [0.4, 0.5) is 5.69 Å². The van der Waals surface area contributed by atoms with Gasteiger partial charge in [-0.15, -0.1) is 0 Å². The molecule has 1 aliphatic rings. The van der Waals surface area contributed by atoms with E-state index in [0.29, 0.717) is 17.1 Å². The van der Waals surface area contributed by atoms with E-state index in [4.69, 9.17) is 5.11 Å². The number of carboxylic acids is 1. The molecule has 0 atom stereocenters. The van der Waals surface area contributed by atoms with Gasteiger partial charge in [0.1, 0.15) is 5.57 Å². The number of hydrogen-bond acceptors (Lipinski definition) is 3. The third-order valence-electron chi connectivity index (χ3n) is 4.37. The number of nitrogens with zero attached hydrogens (tertiary/aromatic N) is 2. The lowest BCUT2D eigenvalue weighted by Crippen LogP contribution is -2.35. The van der Waals surface area contributed by atoms with Crippen LogP contribution in [0.2, 0.25) is 0 Å². The molecule has 0 saturated carbocycles. The Morgan fingerprint density at radius 2 is 1.61 bits per heavy atom. The van der Waals surface area contributed by atoms with Crippen LogP contribution in [-0.4, -0.2) is 27.5 Å². The van der Waals surface area contributed by atoms with Crippen molar-refractivity contribution in [3.63, 3.8) is 0 Å². The van der Waals surface area contributed by atoms with E-state index in [-0.39, 0.29) is 11.1 Å². The second-order valence-electron chi connectivity index (χ2n) is 6.13. The molecular weight excluding hydrogens is 358 g/mol. The van der Waals surface area contributed by atoms with Crippen LogP contribution in [0.3, 0.4) is 0 Å². The van der Waals surface area contributed by atoms with Crippen molar-refractivity contribution in [1.29, 1.82) is 0 Å². The van der Waals surface area contributed by atoms with Crippen LogP contribution in [0.1, 0.15) is 16.1 Å². The van der Waals surface area contributed by atoms with Gasteiger partial charge >= 0.3 is 5.97 Å². The molecule has 1 aromatic heterocycles. The summed E-state index contributed by atoms with van der Waals surface area (Å²) >= 11 is 0. The molecule has 138 valence electrons. The summed E-state index contributed by atoms with van der Waals surface area (Å²) in [7, 11) is 0. The maximum absolute atomic E-state index is 12.7. The van der Waals surface area contributed by atoms with Crippen LogP contribution >= 0.6 is 0 Å². The van der Waals surface area contributed by atoms with Gasteiger partial charge in [-0.3, -0.25) is 15.0 Å². The highest BCUT2D eigenvalue weighted by Gasteiger charge is 2.34. The zero-order valence-corrected chi connectivity index (χ0v) is 14.6. The predicted molar refractivity (Wildman–Crippen MR) is 103 cm³/mol. The smallest absolute Gasteiger partial charge is 0.335 e. The lowest BCUT2D eigenvalue weighted by molar-refractivity contribution is -0.117. The number of para-hydroxylation sites is 1. The second kappa shape index (κ2) is 6.88. The average molecular weight is 373 g/mol. The molecule has 7 heteroatoms. The molecule has 7 nitrogen and oxygen atoms in total. The molecule has 2 amide bonds. The highest BCUT2D eigenvalue weighted by atomic mass is 16.4. The Morgan fingerprint density at radius 3 is 2.29 bits per heavy atom. The lowest BCUT2D eigenvalue weighted by atomic mass is 10.2. The summed E-state index contributed by atoms with van der Waals surface area (Å²) in [6.07, 6.45) is 3.29. The number of carboxylic acid groups (broad SMARTS) is 1. The van der Waals surface area contributed by atoms with Crippen LogP contribution in [0.15, 0.2) is 78.5 Å². The minimum Gasteiger partial charge on any atom is -0.478 e. The summed E-state index contributed by atoms with van der Waals surface area (Å²) in [5.41, 5.74) is 4.67. The van der Waals surface area contributed by atoms with Gasteiger partial charge in [-0.2, -0.15) is 0 Å². The first kappa shape index (κ1) is 17.3. The molecule has 2 N–H and O–H groups in total. The monoisotopic (exact) mass is 373 g/mol. The van der Waals surface area contributed by atoms with Gasteiger partial charge in [0.25, 0.3) is 11.8 Å². The van der Waals surface area contributed by atoms with Gasteiger partial charge in [0.15, 0.2) is 0 Å². The first-order chi connectivity index (χ1) is 13.5. The van der Waals surface area contributed by atoms with Crippen LogP contribution in [-0.2, 0) is 9.59 Å². The number of carbonyl (C=O) groups is 3. The minimum atomic E-state index is -1.00. The Bertz CT molecular complexity index is 1100. The molecule has 1 saturated heterocycles.